The standard InChI is InChI=1S/C22H21N3O3S/c1-15(29-20-9-5-6-14-23-20)21(26)24-17-12-10-16(11-13-17)22(27)25-18-7-3-4-8-19(18)28-2/h3-15H,1-2H3,(H,24,26)(H,25,27). The molecule has 0 bridgehead atoms. The maximum absolute atomic E-state index is 12.5. The number of nitrogens with one attached hydrogen (secondary N) is 2. The van der Waals surface area contributed by atoms with Crippen molar-refractivity contribution in [3.63, 3.8) is 0 Å². The van der Waals surface area contributed by atoms with Crippen LogP contribution < -0.4 is 15.4 Å². The van der Waals surface area contributed by atoms with Crippen LogP contribution in [0.4, 0.5) is 11.4 Å². The first-order valence-electron chi connectivity index (χ1n) is 9.00. The Morgan fingerprint density at radius 1 is 0.966 bits per heavy atom. The molecule has 2 N–H and O–H groups in total. The molecule has 0 spiro atoms. The van der Waals surface area contributed by atoms with Crippen molar-refractivity contribution in [1.82, 2.24) is 4.98 Å². The van der Waals surface area contributed by atoms with Crippen LogP contribution in [0.5, 0.6) is 5.75 Å². The molecule has 2 amide bonds. The van der Waals surface area contributed by atoms with E-state index in [1.54, 1.807) is 49.7 Å². The summed E-state index contributed by atoms with van der Waals surface area (Å²) < 4.78 is 5.24. The smallest absolute Gasteiger partial charge is 0.255 e. The Morgan fingerprint density at radius 3 is 2.38 bits per heavy atom. The normalized spacial score (nSPS) is 11.4. The molecule has 0 saturated heterocycles. The van der Waals surface area contributed by atoms with Crippen molar-refractivity contribution in [3.8, 4) is 5.75 Å². The number of carbonyl (C=O) groups is 2. The summed E-state index contributed by atoms with van der Waals surface area (Å²) in [6, 6.07) is 19.5. The second kappa shape index (κ2) is 9.75. The number of pyridine rings is 1. The van der Waals surface area contributed by atoms with E-state index in [1.165, 1.54) is 11.8 Å². The lowest BCUT2D eigenvalue weighted by Gasteiger charge is -2.12. The third kappa shape index (κ3) is 5.58. The van der Waals surface area contributed by atoms with Crippen molar-refractivity contribution in [2.45, 2.75) is 17.2 Å². The van der Waals surface area contributed by atoms with Crippen molar-refractivity contribution in [2.75, 3.05) is 17.7 Å². The van der Waals surface area contributed by atoms with Gasteiger partial charge in [0.25, 0.3) is 5.91 Å². The highest BCUT2D eigenvalue weighted by Gasteiger charge is 2.15. The van der Waals surface area contributed by atoms with Crippen LogP contribution in [-0.4, -0.2) is 29.2 Å². The first-order chi connectivity index (χ1) is 14.1. The second-order valence-corrected chi connectivity index (χ2v) is 7.51. The van der Waals surface area contributed by atoms with Crippen LogP contribution >= 0.6 is 11.8 Å². The molecule has 1 heterocycles. The number of carbonyl (C=O) groups excluding carboxylic acids is 2. The lowest BCUT2D eigenvalue weighted by molar-refractivity contribution is -0.115. The molecular weight excluding hydrogens is 386 g/mol. The predicted molar refractivity (Wildman–Crippen MR) is 116 cm³/mol. The third-order valence-corrected chi connectivity index (χ3v) is 5.12. The summed E-state index contributed by atoms with van der Waals surface area (Å²) in [4.78, 5) is 29.1. The number of hydrogen-bond acceptors (Lipinski definition) is 5. The minimum atomic E-state index is -0.307. The van der Waals surface area contributed by atoms with Crippen molar-refractivity contribution in [2.24, 2.45) is 0 Å². The van der Waals surface area contributed by atoms with E-state index in [0.717, 1.165) is 5.03 Å². The molecule has 0 aliphatic rings. The first kappa shape index (κ1) is 20.4. The van der Waals surface area contributed by atoms with Gasteiger partial charge in [-0.3, -0.25) is 9.59 Å². The molecule has 7 heteroatoms. The van der Waals surface area contributed by atoms with Crippen molar-refractivity contribution in [3.05, 3.63) is 78.5 Å². The lowest BCUT2D eigenvalue weighted by Crippen LogP contribution is -2.22. The number of anilines is 2. The van der Waals surface area contributed by atoms with Gasteiger partial charge in [-0.1, -0.05) is 30.0 Å². The summed E-state index contributed by atoms with van der Waals surface area (Å²) in [6.45, 7) is 1.82. The van der Waals surface area contributed by atoms with Gasteiger partial charge >= 0.3 is 0 Å². The van der Waals surface area contributed by atoms with Gasteiger partial charge in [0, 0.05) is 17.4 Å². The number of para-hydroxylation sites is 2. The average molecular weight is 407 g/mol. The van der Waals surface area contributed by atoms with Gasteiger partial charge in [0.15, 0.2) is 0 Å². The fourth-order valence-electron chi connectivity index (χ4n) is 2.54. The van der Waals surface area contributed by atoms with E-state index in [2.05, 4.69) is 15.6 Å². The summed E-state index contributed by atoms with van der Waals surface area (Å²) in [5.41, 5.74) is 1.69. The van der Waals surface area contributed by atoms with Crippen LogP contribution in [0.1, 0.15) is 17.3 Å². The average Bonchev–Trinajstić information content (AvgIpc) is 2.75. The number of benzene rings is 2. The highest BCUT2D eigenvalue weighted by Crippen LogP contribution is 2.24. The van der Waals surface area contributed by atoms with Crippen LogP contribution in [-0.2, 0) is 4.79 Å². The molecule has 0 radical (unpaired) electrons. The molecule has 3 rings (SSSR count). The number of rotatable bonds is 7. The number of ether oxygens (including phenoxy) is 1. The number of thioether (sulfide) groups is 1. The number of nitrogens with zero attached hydrogens (tertiary/aromatic N) is 1. The molecule has 6 nitrogen and oxygen atoms in total. The summed E-state index contributed by atoms with van der Waals surface area (Å²) in [5.74, 6) is 0.197. The maximum atomic E-state index is 12.5. The number of hydrogen-bond donors (Lipinski definition) is 2. The third-order valence-electron chi connectivity index (χ3n) is 4.07. The SMILES string of the molecule is COc1ccccc1NC(=O)c1ccc(NC(=O)C(C)Sc2ccccn2)cc1. The van der Waals surface area contributed by atoms with Gasteiger partial charge in [0.05, 0.1) is 23.1 Å². The zero-order valence-electron chi connectivity index (χ0n) is 16.1. The molecule has 1 unspecified atom stereocenters. The van der Waals surface area contributed by atoms with Crippen LogP contribution in [0.25, 0.3) is 0 Å². The van der Waals surface area contributed by atoms with Crippen LogP contribution in [0.15, 0.2) is 78.0 Å². The Labute approximate surface area is 173 Å². The van der Waals surface area contributed by atoms with E-state index < -0.39 is 0 Å². The number of amides is 2. The number of aromatic nitrogens is 1. The summed E-state index contributed by atoms with van der Waals surface area (Å²) in [5, 5.41) is 6.16. The topological polar surface area (TPSA) is 80.3 Å². The Bertz CT molecular complexity index is 978. The minimum absolute atomic E-state index is 0.133. The van der Waals surface area contributed by atoms with Crippen LogP contribution in [0.2, 0.25) is 0 Å². The van der Waals surface area contributed by atoms with E-state index in [4.69, 9.17) is 4.74 Å². The zero-order chi connectivity index (χ0) is 20.6. The van der Waals surface area contributed by atoms with Crippen molar-refractivity contribution in [1.29, 1.82) is 0 Å². The molecular formula is C22H21N3O3S. The maximum Gasteiger partial charge on any atom is 0.255 e. The summed E-state index contributed by atoms with van der Waals surface area (Å²) >= 11 is 1.38. The van der Waals surface area contributed by atoms with Gasteiger partial charge in [-0.25, -0.2) is 4.98 Å². The molecule has 0 saturated carbocycles. The summed E-state index contributed by atoms with van der Waals surface area (Å²) in [6.07, 6.45) is 1.70. The fraction of sp³-hybridized carbons (Fsp3) is 0.136. The van der Waals surface area contributed by atoms with Gasteiger partial charge in [-0.2, -0.15) is 0 Å². The zero-order valence-corrected chi connectivity index (χ0v) is 16.9. The van der Waals surface area contributed by atoms with E-state index >= 15 is 0 Å². The van der Waals surface area contributed by atoms with Crippen LogP contribution in [0, 0.1) is 0 Å². The monoisotopic (exact) mass is 407 g/mol. The van der Waals surface area contributed by atoms with Gasteiger partial charge < -0.3 is 15.4 Å². The lowest BCUT2D eigenvalue weighted by atomic mass is 10.2. The van der Waals surface area contributed by atoms with E-state index in [0.29, 0.717) is 22.7 Å². The molecule has 1 aromatic heterocycles. The molecule has 0 fully saturated rings. The molecule has 29 heavy (non-hydrogen) atoms. The molecule has 0 aliphatic heterocycles. The summed E-state index contributed by atoms with van der Waals surface area (Å²) in [7, 11) is 1.55. The first-order valence-corrected chi connectivity index (χ1v) is 9.88. The van der Waals surface area contributed by atoms with Gasteiger partial charge in [0.2, 0.25) is 5.91 Å². The minimum Gasteiger partial charge on any atom is -0.495 e. The molecule has 0 aliphatic carbocycles. The highest BCUT2D eigenvalue weighted by molar-refractivity contribution is 8.00. The largest absolute Gasteiger partial charge is 0.495 e. The Balaban J connectivity index is 1.59. The Kier molecular flexibility index (Phi) is 6.86. The molecule has 1 atom stereocenters. The van der Waals surface area contributed by atoms with Crippen molar-refractivity contribution >= 4 is 35.0 Å². The van der Waals surface area contributed by atoms with Crippen molar-refractivity contribution < 1.29 is 14.3 Å². The van der Waals surface area contributed by atoms with Gasteiger partial charge in [-0.05, 0) is 55.5 Å². The van der Waals surface area contributed by atoms with E-state index in [1.807, 2.05) is 37.3 Å². The van der Waals surface area contributed by atoms with E-state index in [9.17, 15) is 9.59 Å². The van der Waals surface area contributed by atoms with Gasteiger partial charge in [-0.15, -0.1) is 0 Å². The van der Waals surface area contributed by atoms with Gasteiger partial charge in [0.1, 0.15) is 5.75 Å². The highest BCUT2D eigenvalue weighted by atomic mass is 32.2. The van der Waals surface area contributed by atoms with Crippen LogP contribution in [0.3, 0.4) is 0 Å². The Hall–Kier alpha value is -3.32. The molecule has 3 aromatic rings. The second-order valence-electron chi connectivity index (χ2n) is 6.15. The van der Waals surface area contributed by atoms with E-state index in [-0.39, 0.29) is 17.1 Å². The number of methoxy groups -OCH3 is 1. The Morgan fingerprint density at radius 2 is 1.69 bits per heavy atom. The fourth-order valence-corrected chi connectivity index (χ4v) is 3.35. The predicted octanol–water partition coefficient (Wildman–Crippen LogP) is 4.46. The quantitative estimate of drug-likeness (QED) is 0.565. The molecule has 148 valence electrons. The molecule has 2 aromatic carbocycles.